The van der Waals surface area contributed by atoms with E-state index in [1.54, 1.807) is 4.90 Å². The number of allylic oxidation sites excluding steroid dienone is 1. The molecule has 116 valence electrons. The molecule has 4 heteroatoms. The highest BCUT2D eigenvalue weighted by atomic mass is 16.2. The normalized spacial score (nSPS) is 20.8. The Morgan fingerprint density at radius 1 is 1.18 bits per heavy atom. The van der Waals surface area contributed by atoms with Crippen molar-refractivity contribution in [2.24, 2.45) is 0 Å². The molecule has 0 saturated carbocycles. The van der Waals surface area contributed by atoms with Gasteiger partial charge in [0.15, 0.2) is 0 Å². The van der Waals surface area contributed by atoms with Gasteiger partial charge in [0.1, 0.15) is 6.04 Å². The maximum absolute atomic E-state index is 12.5. The lowest BCUT2D eigenvalue weighted by Gasteiger charge is -2.24. The molecule has 1 heterocycles. The van der Waals surface area contributed by atoms with Crippen LogP contribution in [0.15, 0.2) is 42.0 Å². The van der Waals surface area contributed by atoms with E-state index in [2.05, 4.69) is 5.32 Å². The van der Waals surface area contributed by atoms with Gasteiger partial charge in [-0.25, -0.2) is 0 Å². The number of nitrogens with one attached hydrogen (secondary N) is 1. The monoisotopic (exact) mass is 298 g/mol. The summed E-state index contributed by atoms with van der Waals surface area (Å²) in [5, 5.41) is 2.96. The van der Waals surface area contributed by atoms with Gasteiger partial charge >= 0.3 is 0 Å². The Labute approximate surface area is 131 Å². The average molecular weight is 298 g/mol. The summed E-state index contributed by atoms with van der Waals surface area (Å²) in [7, 11) is 0. The van der Waals surface area contributed by atoms with Gasteiger partial charge in [-0.3, -0.25) is 9.59 Å². The largest absolute Gasteiger partial charge is 0.350 e. The third kappa shape index (κ3) is 3.21. The predicted octanol–water partition coefficient (Wildman–Crippen LogP) is 2.40. The second-order valence-corrected chi connectivity index (χ2v) is 5.98. The lowest BCUT2D eigenvalue weighted by molar-refractivity contribution is -0.135. The summed E-state index contributed by atoms with van der Waals surface area (Å²) in [6.07, 6.45) is 6.59. The molecule has 22 heavy (non-hydrogen) atoms. The summed E-state index contributed by atoms with van der Waals surface area (Å²) in [6.45, 7) is 1.21. The molecule has 1 saturated heterocycles. The highest BCUT2D eigenvalue weighted by Gasteiger charge is 2.35. The predicted molar refractivity (Wildman–Crippen MR) is 85.0 cm³/mol. The number of nitrogens with zero attached hydrogens (tertiary/aromatic N) is 1. The van der Waals surface area contributed by atoms with E-state index in [1.807, 2.05) is 36.4 Å². The van der Waals surface area contributed by atoms with Crippen molar-refractivity contribution in [2.45, 2.75) is 44.7 Å². The van der Waals surface area contributed by atoms with Gasteiger partial charge in [0.25, 0.3) is 0 Å². The zero-order valence-corrected chi connectivity index (χ0v) is 12.8. The van der Waals surface area contributed by atoms with Crippen LogP contribution >= 0.6 is 0 Å². The van der Waals surface area contributed by atoms with E-state index in [0.717, 1.165) is 43.2 Å². The molecular weight excluding hydrogens is 276 g/mol. The first-order valence-electron chi connectivity index (χ1n) is 8.07. The van der Waals surface area contributed by atoms with E-state index < -0.39 is 0 Å². The van der Waals surface area contributed by atoms with Crippen LogP contribution < -0.4 is 5.32 Å². The van der Waals surface area contributed by atoms with E-state index in [9.17, 15) is 9.59 Å². The number of benzene rings is 1. The van der Waals surface area contributed by atoms with Gasteiger partial charge in [0.05, 0.1) is 0 Å². The summed E-state index contributed by atoms with van der Waals surface area (Å²) in [6, 6.07) is 9.54. The van der Waals surface area contributed by atoms with Crippen LogP contribution in [0.5, 0.6) is 0 Å². The second kappa shape index (κ2) is 6.77. The molecule has 1 aliphatic heterocycles. The highest BCUT2D eigenvalue weighted by molar-refractivity contribution is 5.97. The zero-order valence-electron chi connectivity index (χ0n) is 12.8. The highest BCUT2D eigenvalue weighted by Crippen LogP contribution is 2.25. The minimum absolute atomic E-state index is 0.0340. The molecule has 2 amide bonds. The van der Waals surface area contributed by atoms with E-state index in [1.165, 1.54) is 0 Å². The Balaban J connectivity index is 1.60. The summed E-state index contributed by atoms with van der Waals surface area (Å²) < 4.78 is 0. The van der Waals surface area contributed by atoms with Gasteiger partial charge in [0.2, 0.25) is 11.8 Å². The third-order valence-corrected chi connectivity index (χ3v) is 4.44. The molecule has 0 aromatic heterocycles. The van der Waals surface area contributed by atoms with Crippen molar-refractivity contribution in [1.29, 1.82) is 0 Å². The van der Waals surface area contributed by atoms with E-state index in [0.29, 0.717) is 13.1 Å². The van der Waals surface area contributed by atoms with Crippen molar-refractivity contribution in [2.75, 3.05) is 6.54 Å². The number of rotatable bonds is 4. The van der Waals surface area contributed by atoms with Crippen molar-refractivity contribution < 1.29 is 9.59 Å². The Kier molecular flexibility index (Phi) is 4.56. The Morgan fingerprint density at radius 3 is 2.73 bits per heavy atom. The van der Waals surface area contributed by atoms with Crippen molar-refractivity contribution in [1.82, 2.24) is 10.2 Å². The smallest absolute Gasteiger partial charge is 0.250 e. The number of hydrogen-bond acceptors (Lipinski definition) is 2. The summed E-state index contributed by atoms with van der Waals surface area (Å²) in [5.74, 6) is 0.0307. The first kappa shape index (κ1) is 14.8. The van der Waals surface area contributed by atoms with Crippen LogP contribution in [0.4, 0.5) is 0 Å². The van der Waals surface area contributed by atoms with Crippen LogP contribution in [0.1, 0.15) is 37.7 Å². The molecule has 2 aliphatic rings. The van der Waals surface area contributed by atoms with E-state index in [4.69, 9.17) is 0 Å². The molecule has 0 bridgehead atoms. The average Bonchev–Trinajstić information content (AvgIpc) is 3.24. The van der Waals surface area contributed by atoms with Crippen molar-refractivity contribution in [3.05, 3.63) is 47.5 Å². The standard InChI is InChI=1S/C18H22N2O2/c21-17(19-13-14-7-2-1-3-8-14)16-11-6-12-20(16)18(22)15-9-4-5-10-15/h1-3,7-9,16H,4-6,10-13H2,(H,19,21)/t16-/m1/s1. The number of likely N-dealkylation sites (tertiary alicyclic amines) is 1. The van der Waals surface area contributed by atoms with Crippen LogP contribution in [-0.2, 0) is 16.1 Å². The van der Waals surface area contributed by atoms with Gasteiger partial charge in [-0.05, 0) is 37.7 Å². The lowest BCUT2D eigenvalue weighted by Crippen LogP contribution is -2.46. The molecule has 1 atom stereocenters. The molecule has 1 N–H and O–H groups in total. The molecular formula is C18H22N2O2. The Hall–Kier alpha value is -2.10. The summed E-state index contributed by atoms with van der Waals surface area (Å²) in [5.41, 5.74) is 1.97. The molecule has 1 aromatic carbocycles. The fraction of sp³-hybridized carbons (Fsp3) is 0.444. The number of hydrogen-bond donors (Lipinski definition) is 1. The van der Waals surface area contributed by atoms with Crippen LogP contribution in [0.2, 0.25) is 0 Å². The summed E-state index contributed by atoms with van der Waals surface area (Å²) >= 11 is 0. The fourth-order valence-corrected chi connectivity index (χ4v) is 3.23. The van der Waals surface area contributed by atoms with Crippen molar-refractivity contribution >= 4 is 11.8 Å². The molecule has 0 unspecified atom stereocenters. The van der Waals surface area contributed by atoms with Crippen LogP contribution in [-0.4, -0.2) is 29.3 Å². The first-order chi connectivity index (χ1) is 10.8. The van der Waals surface area contributed by atoms with Crippen molar-refractivity contribution in [3.8, 4) is 0 Å². The molecule has 3 rings (SSSR count). The van der Waals surface area contributed by atoms with E-state index >= 15 is 0 Å². The molecule has 4 nitrogen and oxygen atoms in total. The van der Waals surface area contributed by atoms with Crippen LogP contribution in [0, 0.1) is 0 Å². The van der Waals surface area contributed by atoms with Gasteiger partial charge < -0.3 is 10.2 Å². The minimum atomic E-state index is -0.308. The number of carbonyl (C=O) groups excluding carboxylic acids is 2. The van der Waals surface area contributed by atoms with E-state index in [-0.39, 0.29) is 17.9 Å². The lowest BCUT2D eigenvalue weighted by atomic mass is 10.1. The number of carbonyl (C=O) groups is 2. The second-order valence-electron chi connectivity index (χ2n) is 5.98. The molecule has 1 fully saturated rings. The topological polar surface area (TPSA) is 49.4 Å². The maximum atomic E-state index is 12.5. The van der Waals surface area contributed by atoms with Crippen LogP contribution in [0.3, 0.4) is 0 Å². The van der Waals surface area contributed by atoms with Crippen LogP contribution in [0.25, 0.3) is 0 Å². The third-order valence-electron chi connectivity index (χ3n) is 4.44. The van der Waals surface area contributed by atoms with Gasteiger partial charge in [-0.1, -0.05) is 36.4 Å². The molecule has 0 radical (unpaired) electrons. The van der Waals surface area contributed by atoms with Crippen molar-refractivity contribution in [3.63, 3.8) is 0 Å². The quantitative estimate of drug-likeness (QED) is 0.928. The minimum Gasteiger partial charge on any atom is -0.350 e. The molecule has 1 aromatic rings. The first-order valence-corrected chi connectivity index (χ1v) is 8.07. The summed E-state index contributed by atoms with van der Waals surface area (Å²) in [4.78, 5) is 26.7. The van der Waals surface area contributed by atoms with Gasteiger partial charge in [-0.15, -0.1) is 0 Å². The Bertz CT molecular complexity index is 580. The fourth-order valence-electron chi connectivity index (χ4n) is 3.23. The molecule has 1 aliphatic carbocycles. The number of amides is 2. The SMILES string of the molecule is O=C(NCc1ccccc1)[C@H]1CCCN1C(=O)C1=CCCC1. The maximum Gasteiger partial charge on any atom is 0.250 e. The van der Waals surface area contributed by atoms with Gasteiger partial charge in [0, 0.05) is 18.7 Å². The molecule has 0 spiro atoms. The zero-order chi connectivity index (χ0) is 15.4. The van der Waals surface area contributed by atoms with Gasteiger partial charge in [-0.2, -0.15) is 0 Å². The Morgan fingerprint density at radius 2 is 2.00 bits per heavy atom.